The van der Waals surface area contributed by atoms with Gasteiger partial charge in [-0.25, -0.2) is 4.39 Å². The zero-order chi connectivity index (χ0) is 15.8. The predicted molar refractivity (Wildman–Crippen MR) is 74.4 cm³/mol. The van der Waals surface area contributed by atoms with Gasteiger partial charge in [0, 0.05) is 30.9 Å². The summed E-state index contributed by atoms with van der Waals surface area (Å²) < 4.78 is 13.0. The van der Waals surface area contributed by atoms with E-state index in [0.717, 1.165) is 6.07 Å². The molecular formula is C15H18FNO4. The molecule has 5 nitrogen and oxygen atoms in total. The smallest absolute Gasteiger partial charge is 0.303 e. The van der Waals surface area contributed by atoms with Crippen LogP contribution in [0.2, 0.25) is 0 Å². The SMILES string of the molecule is CC(CC(=O)NCCCC(=O)O)C(=O)c1cccc(F)c1. The van der Waals surface area contributed by atoms with Crippen LogP contribution in [0.3, 0.4) is 0 Å². The van der Waals surface area contributed by atoms with Gasteiger partial charge in [0.05, 0.1) is 0 Å². The Morgan fingerprint density at radius 3 is 2.67 bits per heavy atom. The lowest BCUT2D eigenvalue weighted by Crippen LogP contribution is -2.28. The molecule has 21 heavy (non-hydrogen) atoms. The van der Waals surface area contributed by atoms with Gasteiger partial charge in [-0.2, -0.15) is 0 Å². The fraction of sp³-hybridized carbons (Fsp3) is 0.400. The second-order valence-corrected chi connectivity index (χ2v) is 4.83. The number of benzene rings is 1. The van der Waals surface area contributed by atoms with Crippen molar-refractivity contribution in [2.75, 3.05) is 6.54 Å². The minimum Gasteiger partial charge on any atom is -0.481 e. The van der Waals surface area contributed by atoms with Gasteiger partial charge in [0.2, 0.25) is 5.91 Å². The largest absolute Gasteiger partial charge is 0.481 e. The Morgan fingerprint density at radius 2 is 2.05 bits per heavy atom. The van der Waals surface area contributed by atoms with Crippen LogP contribution in [0.15, 0.2) is 24.3 Å². The Kier molecular flexibility index (Phi) is 6.52. The first-order chi connectivity index (χ1) is 9.90. The van der Waals surface area contributed by atoms with Gasteiger partial charge in [0.15, 0.2) is 5.78 Å². The van der Waals surface area contributed by atoms with Gasteiger partial charge in [0.25, 0.3) is 0 Å². The number of halogens is 1. The first-order valence-electron chi connectivity index (χ1n) is 6.68. The Labute approximate surface area is 122 Å². The molecular weight excluding hydrogens is 277 g/mol. The summed E-state index contributed by atoms with van der Waals surface area (Å²) in [6.07, 6.45) is 0.313. The van der Waals surface area contributed by atoms with Gasteiger partial charge in [-0.3, -0.25) is 14.4 Å². The summed E-state index contributed by atoms with van der Waals surface area (Å²) in [5.41, 5.74) is 0.237. The average molecular weight is 295 g/mol. The Morgan fingerprint density at radius 1 is 1.33 bits per heavy atom. The minimum atomic E-state index is -0.918. The zero-order valence-electron chi connectivity index (χ0n) is 11.8. The van der Waals surface area contributed by atoms with Gasteiger partial charge >= 0.3 is 5.97 Å². The van der Waals surface area contributed by atoms with Gasteiger partial charge in [0.1, 0.15) is 5.82 Å². The third kappa shape index (κ3) is 6.16. The molecule has 0 saturated heterocycles. The number of Topliss-reactive ketones (excluding diaryl/α,β-unsaturated/α-hetero) is 1. The van der Waals surface area contributed by atoms with Crippen LogP contribution < -0.4 is 5.32 Å². The summed E-state index contributed by atoms with van der Waals surface area (Å²) in [6.45, 7) is 1.86. The van der Waals surface area contributed by atoms with Crippen LogP contribution in [-0.2, 0) is 9.59 Å². The highest BCUT2D eigenvalue weighted by atomic mass is 19.1. The van der Waals surface area contributed by atoms with Gasteiger partial charge < -0.3 is 10.4 Å². The molecule has 1 unspecified atom stereocenters. The first-order valence-corrected chi connectivity index (χ1v) is 6.68. The summed E-state index contributed by atoms with van der Waals surface area (Å²) in [7, 11) is 0. The monoisotopic (exact) mass is 295 g/mol. The van der Waals surface area contributed by atoms with E-state index in [9.17, 15) is 18.8 Å². The van der Waals surface area contributed by atoms with Gasteiger partial charge in [-0.1, -0.05) is 19.1 Å². The van der Waals surface area contributed by atoms with Gasteiger partial charge in [-0.05, 0) is 18.6 Å². The number of aliphatic carboxylic acids is 1. The van der Waals surface area contributed by atoms with E-state index in [1.165, 1.54) is 18.2 Å². The van der Waals surface area contributed by atoms with Crippen LogP contribution in [0.25, 0.3) is 0 Å². The van der Waals surface area contributed by atoms with Crippen molar-refractivity contribution in [2.45, 2.75) is 26.2 Å². The second-order valence-electron chi connectivity index (χ2n) is 4.83. The van der Waals surface area contributed by atoms with Crippen molar-refractivity contribution in [3.8, 4) is 0 Å². The first kappa shape index (κ1) is 16.8. The van der Waals surface area contributed by atoms with Crippen molar-refractivity contribution in [3.05, 3.63) is 35.6 Å². The molecule has 0 fully saturated rings. The number of carbonyl (C=O) groups is 3. The molecule has 0 aliphatic rings. The molecule has 0 saturated carbocycles. The number of nitrogens with one attached hydrogen (secondary N) is 1. The fourth-order valence-electron chi connectivity index (χ4n) is 1.84. The fourth-order valence-corrected chi connectivity index (χ4v) is 1.84. The number of rotatable bonds is 8. The Hall–Kier alpha value is -2.24. The number of hydrogen-bond donors (Lipinski definition) is 2. The quantitative estimate of drug-likeness (QED) is 0.567. The molecule has 0 aliphatic heterocycles. The normalized spacial score (nSPS) is 11.7. The van der Waals surface area contributed by atoms with E-state index in [1.54, 1.807) is 6.92 Å². The zero-order valence-corrected chi connectivity index (χ0v) is 11.8. The Balaban J connectivity index is 2.41. The third-order valence-electron chi connectivity index (χ3n) is 2.94. The molecule has 114 valence electrons. The van der Waals surface area contributed by atoms with Crippen molar-refractivity contribution >= 4 is 17.7 Å². The standard InChI is InChI=1S/C15H18FNO4/c1-10(8-13(18)17-7-3-6-14(19)20)15(21)11-4-2-5-12(16)9-11/h2,4-5,9-10H,3,6-8H2,1H3,(H,17,18)(H,19,20). The molecule has 0 aliphatic carbocycles. The number of carbonyl (C=O) groups excluding carboxylic acids is 2. The van der Waals surface area contributed by atoms with Crippen molar-refractivity contribution in [3.63, 3.8) is 0 Å². The van der Waals surface area contributed by atoms with E-state index in [-0.39, 0.29) is 36.6 Å². The lowest BCUT2D eigenvalue weighted by molar-refractivity contribution is -0.137. The molecule has 0 bridgehead atoms. The summed E-state index contributed by atoms with van der Waals surface area (Å²) >= 11 is 0. The van der Waals surface area contributed by atoms with E-state index in [4.69, 9.17) is 5.11 Å². The molecule has 1 atom stereocenters. The molecule has 1 aromatic carbocycles. The number of carboxylic acids is 1. The molecule has 0 aromatic heterocycles. The molecule has 1 aromatic rings. The second kappa shape index (κ2) is 8.14. The highest BCUT2D eigenvalue weighted by Gasteiger charge is 2.18. The highest BCUT2D eigenvalue weighted by molar-refractivity contribution is 5.99. The summed E-state index contributed by atoms with van der Waals surface area (Å²) in [6, 6.07) is 5.34. The van der Waals surface area contributed by atoms with Gasteiger partial charge in [-0.15, -0.1) is 0 Å². The molecule has 2 N–H and O–H groups in total. The number of hydrogen-bond acceptors (Lipinski definition) is 3. The maximum absolute atomic E-state index is 13.0. The molecule has 0 heterocycles. The predicted octanol–water partition coefficient (Wildman–Crippen LogP) is 2.02. The van der Waals surface area contributed by atoms with Crippen molar-refractivity contribution < 1.29 is 23.9 Å². The topological polar surface area (TPSA) is 83.5 Å². The molecule has 0 spiro atoms. The summed E-state index contributed by atoms with van der Waals surface area (Å²) in [4.78, 5) is 34.0. The maximum Gasteiger partial charge on any atom is 0.303 e. The number of amides is 1. The lowest BCUT2D eigenvalue weighted by atomic mass is 9.96. The number of ketones is 1. The van der Waals surface area contributed by atoms with Crippen molar-refractivity contribution in [2.24, 2.45) is 5.92 Å². The summed E-state index contributed by atoms with van der Waals surface area (Å²) in [5, 5.41) is 11.0. The molecule has 6 heteroatoms. The van der Waals surface area contributed by atoms with Crippen LogP contribution in [0.5, 0.6) is 0 Å². The summed E-state index contributed by atoms with van der Waals surface area (Å²) in [5.74, 6) is -2.59. The lowest BCUT2D eigenvalue weighted by Gasteiger charge is -2.11. The van der Waals surface area contributed by atoms with Crippen LogP contribution in [0.4, 0.5) is 4.39 Å². The van der Waals surface area contributed by atoms with Crippen LogP contribution in [0.1, 0.15) is 36.5 Å². The number of carboxylic acid groups (broad SMARTS) is 1. The minimum absolute atomic E-state index is 0.0115. The van der Waals surface area contributed by atoms with Crippen LogP contribution in [-0.4, -0.2) is 29.3 Å². The molecule has 0 radical (unpaired) electrons. The highest BCUT2D eigenvalue weighted by Crippen LogP contribution is 2.13. The van der Waals surface area contributed by atoms with Crippen molar-refractivity contribution in [1.82, 2.24) is 5.32 Å². The molecule has 1 rings (SSSR count). The van der Waals surface area contributed by atoms with Crippen LogP contribution >= 0.6 is 0 Å². The Bertz CT molecular complexity index is 530. The van der Waals surface area contributed by atoms with E-state index in [1.807, 2.05) is 0 Å². The van der Waals surface area contributed by atoms with E-state index >= 15 is 0 Å². The van der Waals surface area contributed by atoms with Crippen LogP contribution in [0, 0.1) is 11.7 Å². The van der Waals surface area contributed by atoms with Crippen molar-refractivity contribution in [1.29, 1.82) is 0 Å². The van der Waals surface area contributed by atoms with E-state index < -0.39 is 17.7 Å². The van der Waals surface area contributed by atoms with E-state index in [0.29, 0.717) is 6.42 Å². The third-order valence-corrected chi connectivity index (χ3v) is 2.94. The maximum atomic E-state index is 13.0. The average Bonchev–Trinajstić information content (AvgIpc) is 2.42. The van der Waals surface area contributed by atoms with E-state index in [2.05, 4.69) is 5.32 Å². The molecule has 1 amide bonds.